The van der Waals surface area contributed by atoms with E-state index < -0.39 is 5.60 Å². The Morgan fingerprint density at radius 2 is 1.88 bits per heavy atom. The van der Waals surface area contributed by atoms with Gasteiger partial charge in [0.25, 0.3) is 5.91 Å². The van der Waals surface area contributed by atoms with Crippen LogP contribution < -0.4 is 0 Å². The van der Waals surface area contributed by atoms with Crippen molar-refractivity contribution < 1.29 is 9.90 Å². The largest absolute Gasteiger partial charge is 0.378 e. The van der Waals surface area contributed by atoms with Crippen molar-refractivity contribution in [1.82, 2.24) is 9.80 Å². The molecule has 1 fully saturated rings. The van der Waals surface area contributed by atoms with Gasteiger partial charge in [-0.2, -0.15) is 0 Å². The topological polar surface area (TPSA) is 43.8 Å². The van der Waals surface area contributed by atoms with E-state index in [4.69, 9.17) is 0 Å². The third kappa shape index (κ3) is 7.74. The van der Waals surface area contributed by atoms with E-state index in [1.165, 1.54) is 11.1 Å². The van der Waals surface area contributed by atoms with Gasteiger partial charge in [0.1, 0.15) is 5.60 Å². The Morgan fingerprint density at radius 1 is 1.15 bits per heavy atom. The van der Waals surface area contributed by atoms with Crippen molar-refractivity contribution >= 4 is 5.91 Å². The Labute approximate surface area is 199 Å². The van der Waals surface area contributed by atoms with Crippen LogP contribution in [0.2, 0.25) is 0 Å². The van der Waals surface area contributed by atoms with Gasteiger partial charge in [0.15, 0.2) is 0 Å². The second-order valence-electron chi connectivity index (χ2n) is 9.70. The average Bonchev–Trinajstić information content (AvgIpc) is 2.81. The molecule has 0 saturated carbocycles. The van der Waals surface area contributed by atoms with Crippen LogP contribution in [0.1, 0.15) is 60.7 Å². The number of carbonyl (C=O) groups excluding carboxylic acids is 1. The zero-order valence-electron chi connectivity index (χ0n) is 20.6. The molecule has 2 aromatic carbocycles. The quantitative estimate of drug-likeness (QED) is 0.636. The molecule has 0 spiro atoms. The summed E-state index contributed by atoms with van der Waals surface area (Å²) >= 11 is 0. The molecular weight excluding hydrogens is 408 g/mol. The van der Waals surface area contributed by atoms with Crippen LogP contribution in [0.4, 0.5) is 0 Å². The molecule has 1 saturated heterocycles. The average molecular weight is 447 g/mol. The molecule has 176 valence electrons. The van der Waals surface area contributed by atoms with Crippen LogP contribution in [0.15, 0.2) is 48.5 Å². The summed E-state index contributed by atoms with van der Waals surface area (Å²) in [4.78, 5) is 17.7. The Bertz CT molecular complexity index is 988. The predicted octanol–water partition coefficient (Wildman–Crippen LogP) is 4.53. The molecule has 1 aliphatic rings. The number of piperidine rings is 1. The molecule has 1 aliphatic heterocycles. The second kappa shape index (κ2) is 11.5. The molecule has 0 atom stereocenters. The molecule has 3 rings (SSSR count). The normalized spacial score (nSPS) is 15.1. The molecule has 1 heterocycles. The predicted molar refractivity (Wildman–Crippen MR) is 135 cm³/mol. The Balaban J connectivity index is 1.52. The van der Waals surface area contributed by atoms with Gasteiger partial charge in [-0.25, -0.2) is 0 Å². The number of aryl methyl sites for hydroxylation is 1. The van der Waals surface area contributed by atoms with Gasteiger partial charge >= 0.3 is 0 Å². The summed E-state index contributed by atoms with van der Waals surface area (Å²) in [7, 11) is 0. The maximum atomic E-state index is 13.2. The number of likely N-dealkylation sites (tertiary alicyclic amines) is 1. The highest BCUT2D eigenvalue weighted by Gasteiger charge is 2.23. The minimum absolute atomic E-state index is 0.0615. The number of hydrogen-bond donors (Lipinski definition) is 1. The van der Waals surface area contributed by atoms with Gasteiger partial charge < -0.3 is 14.9 Å². The first kappa shape index (κ1) is 25.0. The molecule has 4 heteroatoms. The summed E-state index contributed by atoms with van der Waals surface area (Å²) in [6, 6.07) is 16.1. The first-order valence-corrected chi connectivity index (χ1v) is 12.2. The van der Waals surface area contributed by atoms with Crippen LogP contribution >= 0.6 is 0 Å². The molecule has 0 aromatic heterocycles. The third-order valence-electron chi connectivity index (χ3n) is 6.44. The molecule has 0 bridgehead atoms. The van der Waals surface area contributed by atoms with E-state index in [-0.39, 0.29) is 5.91 Å². The first-order chi connectivity index (χ1) is 15.7. The van der Waals surface area contributed by atoms with Gasteiger partial charge in [-0.05, 0) is 95.3 Å². The Morgan fingerprint density at radius 3 is 2.55 bits per heavy atom. The molecule has 0 radical (unpaired) electrons. The minimum Gasteiger partial charge on any atom is -0.378 e. The number of amides is 1. The van der Waals surface area contributed by atoms with E-state index in [9.17, 15) is 9.90 Å². The first-order valence-electron chi connectivity index (χ1n) is 12.2. The Kier molecular flexibility index (Phi) is 8.72. The Hall–Kier alpha value is -2.61. The zero-order valence-corrected chi connectivity index (χ0v) is 20.6. The third-order valence-corrected chi connectivity index (χ3v) is 6.44. The minimum atomic E-state index is -1.05. The summed E-state index contributed by atoms with van der Waals surface area (Å²) in [6.45, 7) is 12.4. The number of hydrogen-bond acceptors (Lipinski definition) is 3. The number of aliphatic hydroxyl groups is 1. The van der Waals surface area contributed by atoms with Crippen molar-refractivity contribution in [2.75, 3.05) is 32.7 Å². The van der Waals surface area contributed by atoms with E-state index >= 15 is 0 Å². The molecule has 33 heavy (non-hydrogen) atoms. The summed E-state index contributed by atoms with van der Waals surface area (Å²) in [5, 5.41) is 9.84. The van der Waals surface area contributed by atoms with Gasteiger partial charge in [-0.3, -0.25) is 4.79 Å². The molecule has 4 nitrogen and oxygen atoms in total. The van der Waals surface area contributed by atoms with E-state index in [1.807, 2.05) is 36.1 Å². The van der Waals surface area contributed by atoms with Crippen molar-refractivity contribution in [1.29, 1.82) is 0 Å². The van der Waals surface area contributed by atoms with E-state index in [0.717, 1.165) is 51.0 Å². The fourth-order valence-electron chi connectivity index (χ4n) is 4.37. The molecule has 1 amide bonds. The van der Waals surface area contributed by atoms with Gasteiger partial charge in [0.05, 0.1) is 0 Å². The lowest BCUT2D eigenvalue weighted by Crippen LogP contribution is -2.41. The summed E-state index contributed by atoms with van der Waals surface area (Å²) in [6.07, 6.45) is 3.37. The number of carbonyl (C=O) groups is 1. The lowest BCUT2D eigenvalue weighted by Gasteiger charge is -2.34. The van der Waals surface area contributed by atoms with Gasteiger partial charge in [-0.1, -0.05) is 42.2 Å². The second-order valence-corrected chi connectivity index (χ2v) is 9.70. The van der Waals surface area contributed by atoms with Crippen LogP contribution in [-0.2, 0) is 6.42 Å². The molecule has 0 unspecified atom stereocenters. The van der Waals surface area contributed by atoms with E-state index in [0.29, 0.717) is 18.0 Å². The monoisotopic (exact) mass is 446 g/mol. The van der Waals surface area contributed by atoms with Gasteiger partial charge in [0.2, 0.25) is 0 Å². The van der Waals surface area contributed by atoms with Crippen molar-refractivity contribution in [3.05, 3.63) is 70.8 Å². The molecule has 1 N–H and O–H groups in total. The lowest BCUT2D eigenvalue weighted by atomic mass is 9.95. The van der Waals surface area contributed by atoms with Crippen LogP contribution in [0, 0.1) is 24.7 Å². The summed E-state index contributed by atoms with van der Waals surface area (Å²) < 4.78 is 0. The highest BCUT2D eigenvalue weighted by molar-refractivity contribution is 5.94. The lowest BCUT2D eigenvalue weighted by molar-refractivity contribution is 0.0701. The molecule has 0 aliphatic carbocycles. The molecular formula is C29H38N2O2. The van der Waals surface area contributed by atoms with E-state index in [2.05, 4.69) is 47.9 Å². The highest BCUT2D eigenvalue weighted by atomic mass is 16.3. The smallest absolute Gasteiger partial charge is 0.253 e. The maximum Gasteiger partial charge on any atom is 0.253 e. The van der Waals surface area contributed by atoms with Crippen LogP contribution in [0.5, 0.6) is 0 Å². The van der Waals surface area contributed by atoms with Crippen molar-refractivity contribution in [2.24, 2.45) is 5.92 Å². The SMILES string of the molecule is CCN(CC1CCN(CCc2ccccc2C)CC1)C(=O)c1cccc(C#CC(C)(C)O)c1. The number of nitrogens with zero attached hydrogens (tertiary/aromatic N) is 2. The fourth-order valence-corrected chi connectivity index (χ4v) is 4.37. The highest BCUT2D eigenvalue weighted by Crippen LogP contribution is 2.20. The fraction of sp³-hybridized carbons (Fsp3) is 0.483. The maximum absolute atomic E-state index is 13.2. The summed E-state index contributed by atoms with van der Waals surface area (Å²) in [5.41, 5.74) is 3.18. The van der Waals surface area contributed by atoms with Crippen LogP contribution in [0.25, 0.3) is 0 Å². The van der Waals surface area contributed by atoms with Crippen molar-refractivity contribution in [2.45, 2.75) is 52.6 Å². The van der Waals surface area contributed by atoms with Gasteiger partial charge in [-0.15, -0.1) is 0 Å². The van der Waals surface area contributed by atoms with E-state index in [1.54, 1.807) is 13.8 Å². The number of rotatable bonds is 7. The summed E-state index contributed by atoms with van der Waals surface area (Å²) in [5.74, 6) is 6.40. The zero-order chi connectivity index (χ0) is 23.8. The molecule has 2 aromatic rings. The number of benzene rings is 2. The van der Waals surface area contributed by atoms with Crippen LogP contribution in [0.3, 0.4) is 0 Å². The van der Waals surface area contributed by atoms with Gasteiger partial charge in [0, 0.05) is 30.8 Å². The van der Waals surface area contributed by atoms with Crippen molar-refractivity contribution in [3.63, 3.8) is 0 Å². The van der Waals surface area contributed by atoms with Crippen molar-refractivity contribution in [3.8, 4) is 11.8 Å². The van der Waals surface area contributed by atoms with Crippen LogP contribution in [-0.4, -0.2) is 59.1 Å². The standard InChI is InChI=1S/C29H38N2O2/c1-5-31(28(32)27-12-8-10-24(21-27)13-17-29(3,4)33)22-25-14-18-30(19-15-25)20-16-26-11-7-6-9-23(26)2/h6-12,21,25,33H,5,14-16,18-20,22H2,1-4H3.